The average Bonchev–Trinajstić information content (AvgIpc) is 2.70. The summed E-state index contributed by atoms with van der Waals surface area (Å²) in [5.41, 5.74) is 6.99. The second-order valence-corrected chi connectivity index (χ2v) is 3.70. The summed E-state index contributed by atoms with van der Waals surface area (Å²) in [7, 11) is 0. The molecule has 80 valence electrons. The van der Waals surface area contributed by atoms with Crippen LogP contribution >= 0.6 is 0 Å². The molecule has 0 saturated carbocycles. The highest BCUT2D eigenvalue weighted by Crippen LogP contribution is 2.28. The maximum atomic E-state index is 10.8. The lowest BCUT2D eigenvalue weighted by atomic mass is 10.2. The molecule has 2 amide bonds. The molecule has 1 aromatic carbocycles. The number of urea groups is 1. The molecule has 1 aliphatic heterocycles. The highest BCUT2D eigenvalue weighted by Gasteiger charge is 2.15. The summed E-state index contributed by atoms with van der Waals surface area (Å²) in [5.74, 6) is 0. The van der Waals surface area contributed by atoms with E-state index in [2.05, 4.69) is 10.2 Å². The van der Waals surface area contributed by atoms with Crippen molar-refractivity contribution in [2.45, 2.75) is 12.8 Å². The fraction of sp³-hybridized carbons (Fsp3) is 0.364. The molecule has 3 N–H and O–H groups in total. The van der Waals surface area contributed by atoms with Crippen LogP contribution in [0.5, 0.6) is 0 Å². The smallest absolute Gasteiger partial charge is 0.316 e. The van der Waals surface area contributed by atoms with Crippen LogP contribution in [0.1, 0.15) is 12.8 Å². The first-order valence-corrected chi connectivity index (χ1v) is 5.18. The molecule has 1 aromatic rings. The van der Waals surface area contributed by atoms with Gasteiger partial charge in [0.25, 0.3) is 0 Å². The van der Waals surface area contributed by atoms with Gasteiger partial charge in [0.05, 0.1) is 11.4 Å². The van der Waals surface area contributed by atoms with Gasteiger partial charge >= 0.3 is 6.03 Å². The topological polar surface area (TPSA) is 58.4 Å². The summed E-state index contributed by atoms with van der Waals surface area (Å²) in [4.78, 5) is 13.1. The lowest BCUT2D eigenvalue weighted by Gasteiger charge is -2.20. The second kappa shape index (κ2) is 4.21. The lowest BCUT2D eigenvalue weighted by Crippen LogP contribution is -2.23. The number of nitrogens with two attached hydrogens (primary N) is 1. The number of nitrogens with one attached hydrogen (secondary N) is 1. The Morgan fingerprint density at radius 3 is 2.60 bits per heavy atom. The average molecular weight is 205 g/mol. The van der Waals surface area contributed by atoms with Crippen molar-refractivity contribution in [3.05, 3.63) is 24.3 Å². The zero-order valence-electron chi connectivity index (χ0n) is 8.57. The first-order chi connectivity index (χ1) is 7.27. The molecular formula is C11H15N3O. The summed E-state index contributed by atoms with van der Waals surface area (Å²) in [6.45, 7) is 2.11. The number of rotatable bonds is 2. The SMILES string of the molecule is NC(=O)Nc1ccccc1N1CCCC1. The largest absolute Gasteiger partial charge is 0.370 e. The van der Waals surface area contributed by atoms with Crippen LogP contribution in [0, 0.1) is 0 Å². The van der Waals surface area contributed by atoms with Gasteiger partial charge in [0.15, 0.2) is 0 Å². The number of benzene rings is 1. The zero-order chi connectivity index (χ0) is 10.7. The molecule has 0 radical (unpaired) electrons. The molecule has 0 spiro atoms. The van der Waals surface area contributed by atoms with Crippen LogP contribution in [0.25, 0.3) is 0 Å². The first-order valence-electron chi connectivity index (χ1n) is 5.18. The quantitative estimate of drug-likeness (QED) is 0.773. The molecule has 0 aromatic heterocycles. The Labute approximate surface area is 89.1 Å². The molecule has 1 saturated heterocycles. The van der Waals surface area contributed by atoms with Gasteiger partial charge in [0.1, 0.15) is 0 Å². The highest BCUT2D eigenvalue weighted by molar-refractivity contribution is 5.92. The van der Waals surface area contributed by atoms with Gasteiger partial charge in [-0.1, -0.05) is 12.1 Å². The van der Waals surface area contributed by atoms with E-state index in [0.29, 0.717) is 0 Å². The minimum Gasteiger partial charge on any atom is -0.370 e. The van der Waals surface area contributed by atoms with Crippen LogP contribution in [0.15, 0.2) is 24.3 Å². The summed E-state index contributed by atoms with van der Waals surface area (Å²) in [6, 6.07) is 7.24. The Bertz CT molecular complexity index is 359. The molecule has 2 rings (SSSR count). The Morgan fingerprint density at radius 2 is 1.93 bits per heavy atom. The van der Waals surface area contributed by atoms with Crippen molar-refractivity contribution in [3.8, 4) is 0 Å². The number of carbonyl (C=O) groups is 1. The minimum atomic E-state index is -0.512. The van der Waals surface area contributed by atoms with E-state index < -0.39 is 6.03 Å². The van der Waals surface area contributed by atoms with Gasteiger partial charge < -0.3 is 16.0 Å². The van der Waals surface area contributed by atoms with Crippen LogP contribution in [-0.2, 0) is 0 Å². The van der Waals surface area contributed by atoms with E-state index in [1.807, 2.05) is 24.3 Å². The van der Waals surface area contributed by atoms with Gasteiger partial charge in [-0.25, -0.2) is 4.79 Å². The number of nitrogens with zero attached hydrogens (tertiary/aromatic N) is 1. The van der Waals surface area contributed by atoms with Crippen molar-refractivity contribution < 1.29 is 4.79 Å². The zero-order valence-corrected chi connectivity index (χ0v) is 8.57. The van der Waals surface area contributed by atoms with E-state index in [-0.39, 0.29) is 0 Å². The van der Waals surface area contributed by atoms with Crippen molar-refractivity contribution >= 4 is 17.4 Å². The molecule has 0 aliphatic carbocycles. The van der Waals surface area contributed by atoms with E-state index in [0.717, 1.165) is 24.5 Å². The normalized spacial score (nSPS) is 15.3. The van der Waals surface area contributed by atoms with Gasteiger partial charge in [-0.2, -0.15) is 0 Å². The molecular weight excluding hydrogens is 190 g/mol. The van der Waals surface area contributed by atoms with Gasteiger partial charge in [0, 0.05) is 13.1 Å². The van der Waals surface area contributed by atoms with Gasteiger partial charge in [-0.05, 0) is 25.0 Å². The molecule has 1 fully saturated rings. The second-order valence-electron chi connectivity index (χ2n) is 3.70. The predicted octanol–water partition coefficient (Wildman–Crippen LogP) is 1.78. The maximum absolute atomic E-state index is 10.8. The number of primary amides is 1. The number of anilines is 2. The molecule has 4 heteroatoms. The summed E-state index contributed by atoms with van der Waals surface area (Å²) >= 11 is 0. The van der Waals surface area contributed by atoms with E-state index in [1.54, 1.807) is 0 Å². The lowest BCUT2D eigenvalue weighted by molar-refractivity contribution is 0.259. The molecule has 4 nitrogen and oxygen atoms in total. The monoisotopic (exact) mass is 205 g/mol. The highest BCUT2D eigenvalue weighted by atomic mass is 16.2. The number of para-hydroxylation sites is 2. The van der Waals surface area contributed by atoms with E-state index in [4.69, 9.17) is 5.73 Å². The van der Waals surface area contributed by atoms with Crippen LogP contribution < -0.4 is 16.0 Å². The van der Waals surface area contributed by atoms with Crippen molar-refractivity contribution in [1.29, 1.82) is 0 Å². The van der Waals surface area contributed by atoms with Crippen LogP contribution in [0.4, 0.5) is 16.2 Å². The van der Waals surface area contributed by atoms with Crippen molar-refractivity contribution in [2.24, 2.45) is 5.73 Å². The third kappa shape index (κ3) is 2.21. The number of carbonyl (C=O) groups excluding carboxylic acids is 1. The number of amides is 2. The molecule has 0 atom stereocenters. The van der Waals surface area contributed by atoms with Gasteiger partial charge in [-0.3, -0.25) is 0 Å². The number of hydrogen-bond acceptors (Lipinski definition) is 2. The fourth-order valence-corrected chi connectivity index (χ4v) is 1.95. The van der Waals surface area contributed by atoms with Crippen LogP contribution in [0.2, 0.25) is 0 Å². The van der Waals surface area contributed by atoms with Crippen molar-refractivity contribution in [3.63, 3.8) is 0 Å². The Kier molecular flexibility index (Phi) is 2.76. The molecule has 1 aliphatic rings. The van der Waals surface area contributed by atoms with Crippen LogP contribution in [-0.4, -0.2) is 19.1 Å². The molecule has 0 unspecified atom stereocenters. The van der Waals surface area contributed by atoms with Crippen molar-refractivity contribution in [2.75, 3.05) is 23.3 Å². The third-order valence-electron chi connectivity index (χ3n) is 2.61. The van der Waals surface area contributed by atoms with Crippen LogP contribution in [0.3, 0.4) is 0 Å². The summed E-state index contributed by atoms with van der Waals surface area (Å²) in [6.07, 6.45) is 2.43. The minimum absolute atomic E-state index is 0.512. The van der Waals surface area contributed by atoms with Gasteiger partial charge in [-0.15, -0.1) is 0 Å². The molecule has 1 heterocycles. The van der Waals surface area contributed by atoms with Gasteiger partial charge in [0.2, 0.25) is 0 Å². The Hall–Kier alpha value is -1.71. The standard InChI is InChI=1S/C11H15N3O/c12-11(15)13-9-5-1-2-6-10(9)14-7-3-4-8-14/h1-2,5-6H,3-4,7-8H2,(H3,12,13,15). The maximum Gasteiger partial charge on any atom is 0.316 e. The summed E-state index contributed by atoms with van der Waals surface area (Å²) < 4.78 is 0. The Morgan fingerprint density at radius 1 is 1.27 bits per heavy atom. The van der Waals surface area contributed by atoms with Crippen molar-refractivity contribution in [1.82, 2.24) is 0 Å². The molecule has 0 bridgehead atoms. The predicted molar refractivity (Wildman–Crippen MR) is 61.1 cm³/mol. The third-order valence-corrected chi connectivity index (χ3v) is 2.61. The summed E-state index contributed by atoms with van der Waals surface area (Å²) in [5, 5.41) is 2.65. The fourth-order valence-electron chi connectivity index (χ4n) is 1.95. The van der Waals surface area contributed by atoms with E-state index in [9.17, 15) is 4.79 Å². The van der Waals surface area contributed by atoms with E-state index in [1.165, 1.54) is 12.8 Å². The Balaban J connectivity index is 2.24. The molecule has 15 heavy (non-hydrogen) atoms. The first kappa shape index (κ1) is 9.83. The van der Waals surface area contributed by atoms with E-state index >= 15 is 0 Å². The number of hydrogen-bond donors (Lipinski definition) is 2.